The first kappa shape index (κ1) is 8.94. The van der Waals surface area contributed by atoms with Crippen molar-refractivity contribution >= 4 is 0 Å². The monoisotopic (exact) mass is 162 g/mol. The van der Waals surface area contributed by atoms with Gasteiger partial charge in [0.2, 0.25) is 0 Å². The predicted octanol–water partition coefficient (Wildman–Crippen LogP) is 1.48. The van der Waals surface area contributed by atoms with Gasteiger partial charge in [-0.3, -0.25) is 0 Å². The van der Waals surface area contributed by atoms with Crippen LogP contribution in [0.1, 0.15) is 27.2 Å². The van der Waals surface area contributed by atoms with Gasteiger partial charge in [0, 0.05) is 5.92 Å². The number of hydrogen-bond acceptors (Lipinski definition) is 2. The van der Waals surface area contributed by atoms with Gasteiger partial charge in [0.25, 0.3) is 0 Å². The van der Waals surface area contributed by atoms with Crippen molar-refractivity contribution in [1.29, 1.82) is 0 Å². The fourth-order valence-electron chi connectivity index (χ4n) is 1.45. The summed E-state index contributed by atoms with van der Waals surface area (Å²) in [7, 11) is 0. The van der Waals surface area contributed by atoms with Crippen molar-refractivity contribution in [2.45, 2.75) is 45.3 Å². The van der Waals surface area contributed by atoms with Crippen molar-refractivity contribution in [3.63, 3.8) is 0 Å². The third kappa shape index (κ3) is 1.27. The number of halogens is 1. The molecule has 2 nitrogen and oxygen atoms in total. The van der Waals surface area contributed by atoms with Crippen LogP contribution in [0.15, 0.2) is 0 Å². The van der Waals surface area contributed by atoms with Crippen molar-refractivity contribution < 1.29 is 14.2 Å². The molecule has 0 bridgehead atoms. The van der Waals surface area contributed by atoms with Gasteiger partial charge in [-0.1, -0.05) is 13.8 Å². The maximum atomic E-state index is 13.5. The van der Waals surface area contributed by atoms with Crippen molar-refractivity contribution in [3.8, 4) is 0 Å². The Morgan fingerprint density at radius 1 is 1.64 bits per heavy atom. The largest absolute Gasteiger partial charge is 0.365 e. The second-order valence-electron chi connectivity index (χ2n) is 3.38. The lowest BCUT2D eigenvalue weighted by molar-refractivity contribution is -0.138. The zero-order chi connectivity index (χ0) is 8.65. The van der Waals surface area contributed by atoms with E-state index >= 15 is 0 Å². The first-order chi connectivity index (χ1) is 5.00. The lowest BCUT2D eigenvalue weighted by atomic mass is 9.89. The van der Waals surface area contributed by atoms with Crippen LogP contribution in [-0.2, 0) is 4.74 Å². The smallest absolute Gasteiger partial charge is 0.189 e. The number of alkyl halides is 1. The summed E-state index contributed by atoms with van der Waals surface area (Å²) in [4.78, 5) is 0. The number of hydrogen-bond donors (Lipinski definition) is 1. The van der Waals surface area contributed by atoms with Gasteiger partial charge in [0.05, 0.1) is 6.10 Å². The minimum Gasteiger partial charge on any atom is -0.365 e. The highest BCUT2D eigenvalue weighted by molar-refractivity contribution is 4.93. The van der Waals surface area contributed by atoms with Crippen molar-refractivity contribution in [2.75, 3.05) is 0 Å². The minimum atomic E-state index is -1.58. The molecule has 1 aliphatic rings. The van der Waals surface area contributed by atoms with Crippen LogP contribution < -0.4 is 0 Å². The molecule has 1 heterocycles. The van der Waals surface area contributed by atoms with Crippen LogP contribution >= 0.6 is 0 Å². The molecule has 0 radical (unpaired) electrons. The fraction of sp³-hybridized carbons (Fsp3) is 1.00. The molecule has 1 fully saturated rings. The lowest BCUT2D eigenvalue weighted by Gasteiger charge is -2.20. The van der Waals surface area contributed by atoms with E-state index in [4.69, 9.17) is 9.84 Å². The average Bonchev–Trinajstić information content (AvgIpc) is 2.14. The maximum absolute atomic E-state index is 13.5. The molecule has 1 N–H and O–H groups in total. The van der Waals surface area contributed by atoms with Crippen LogP contribution in [0.3, 0.4) is 0 Å². The fourth-order valence-corrected chi connectivity index (χ4v) is 1.45. The Hall–Kier alpha value is -0.150. The molecule has 0 saturated carbocycles. The van der Waals surface area contributed by atoms with E-state index in [2.05, 4.69) is 0 Å². The Balaban J connectivity index is 2.71. The topological polar surface area (TPSA) is 29.5 Å². The van der Waals surface area contributed by atoms with Crippen molar-refractivity contribution in [3.05, 3.63) is 0 Å². The van der Waals surface area contributed by atoms with Crippen LogP contribution in [-0.4, -0.2) is 23.2 Å². The first-order valence-electron chi connectivity index (χ1n) is 4.02. The highest BCUT2D eigenvalue weighted by Crippen LogP contribution is 2.38. The van der Waals surface area contributed by atoms with Gasteiger partial charge in [0.15, 0.2) is 12.0 Å². The van der Waals surface area contributed by atoms with Crippen molar-refractivity contribution in [2.24, 2.45) is 5.92 Å². The number of aliphatic hydroxyl groups excluding tert-OH is 1. The molecule has 0 aliphatic carbocycles. The standard InChI is InChI=1S/C8H15FO2/c1-4-6-5(2)8(3,9)7(10)11-6/h5-7,10H,4H2,1-3H3/t5-,6-,7-,8-/m0/s1. The molecule has 0 aromatic carbocycles. The third-order valence-electron chi connectivity index (χ3n) is 2.64. The number of ether oxygens (including phenoxy) is 1. The SMILES string of the molecule is CC[C@@H]1O[C@H](O)[C@@](C)(F)[C@H]1C. The Labute approximate surface area is 66.4 Å². The first-order valence-corrected chi connectivity index (χ1v) is 4.02. The average molecular weight is 162 g/mol. The third-order valence-corrected chi connectivity index (χ3v) is 2.64. The second-order valence-corrected chi connectivity index (χ2v) is 3.38. The van der Waals surface area contributed by atoms with E-state index in [-0.39, 0.29) is 12.0 Å². The van der Waals surface area contributed by atoms with E-state index in [1.807, 2.05) is 6.92 Å². The van der Waals surface area contributed by atoms with Gasteiger partial charge >= 0.3 is 0 Å². The Morgan fingerprint density at radius 3 is 2.36 bits per heavy atom. The van der Waals surface area contributed by atoms with Gasteiger partial charge < -0.3 is 9.84 Å². The van der Waals surface area contributed by atoms with E-state index in [1.165, 1.54) is 6.92 Å². The van der Waals surface area contributed by atoms with Gasteiger partial charge in [-0.2, -0.15) is 0 Å². The van der Waals surface area contributed by atoms with Crippen LogP contribution in [0.4, 0.5) is 4.39 Å². The van der Waals surface area contributed by atoms with Crippen LogP contribution in [0.2, 0.25) is 0 Å². The number of aliphatic hydroxyl groups is 1. The lowest BCUT2D eigenvalue weighted by Crippen LogP contribution is -2.35. The summed E-state index contributed by atoms with van der Waals surface area (Å²) in [5, 5.41) is 9.13. The highest BCUT2D eigenvalue weighted by Gasteiger charge is 2.50. The molecule has 0 spiro atoms. The van der Waals surface area contributed by atoms with E-state index in [9.17, 15) is 4.39 Å². The van der Waals surface area contributed by atoms with Crippen LogP contribution in [0, 0.1) is 5.92 Å². The summed E-state index contributed by atoms with van der Waals surface area (Å²) in [5.41, 5.74) is -1.58. The summed E-state index contributed by atoms with van der Waals surface area (Å²) < 4.78 is 18.5. The molecular weight excluding hydrogens is 147 g/mol. The molecule has 11 heavy (non-hydrogen) atoms. The molecule has 0 aromatic heterocycles. The molecule has 0 unspecified atom stereocenters. The van der Waals surface area contributed by atoms with E-state index in [0.29, 0.717) is 0 Å². The highest BCUT2D eigenvalue weighted by atomic mass is 19.1. The summed E-state index contributed by atoms with van der Waals surface area (Å²) in [6.07, 6.45) is -0.639. The molecule has 4 atom stereocenters. The zero-order valence-electron chi connectivity index (χ0n) is 7.17. The summed E-state index contributed by atoms with van der Waals surface area (Å²) >= 11 is 0. The molecular formula is C8H15FO2. The van der Waals surface area contributed by atoms with Gasteiger partial charge in [-0.05, 0) is 13.3 Å². The van der Waals surface area contributed by atoms with E-state index < -0.39 is 12.0 Å². The van der Waals surface area contributed by atoms with Crippen LogP contribution in [0.5, 0.6) is 0 Å². The Bertz CT molecular complexity index is 147. The van der Waals surface area contributed by atoms with Gasteiger partial charge in [-0.25, -0.2) is 4.39 Å². The Kier molecular flexibility index (Phi) is 2.21. The normalized spacial score (nSPS) is 51.5. The molecule has 1 rings (SSSR count). The maximum Gasteiger partial charge on any atom is 0.189 e. The summed E-state index contributed by atoms with van der Waals surface area (Å²) in [6.45, 7) is 5.08. The zero-order valence-corrected chi connectivity index (χ0v) is 7.17. The van der Waals surface area contributed by atoms with Crippen molar-refractivity contribution in [1.82, 2.24) is 0 Å². The van der Waals surface area contributed by atoms with Gasteiger partial charge in [0.1, 0.15) is 0 Å². The molecule has 66 valence electrons. The predicted molar refractivity (Wildman–Crippen MR) is 39.8 cm³/mol. The van der Waals surface area contributed by atoms with Gasteiger partial charge in [-0.15, -0.1) is 0 Å². The van der Waals surface area contributed by atoms with Crippen LogP contribution in [0.25, 0.3) is 0 Å². The minimum absolute atomic E-state index is 0.139. The Morgan fingerprint density at radius 2 is 2.18 bits per heavy atom. The quantitative estimate of drug-likeness (QED) is 0.632. The van der Waals surface area contributed by atoms with E-state index in [1.54, 1.807) is 6.92 Å². The summed E-state index contributed by atoms with van der Waals surface area (Å²) in [5.74, 6) is -0.220. The second kappa shape index (κ2) is 2.72. The molecule has 0 aromatic rings. The van der Waals surface area contributed by atoms with E-state index in [0.717, 1.165) is 6.42 Å². The number of rotatable bonds is 1. The molecule has 3 heteroatoms. The summed E-state index contributed by atoms with van der Waals surface area (Å²) in [6, 6.07) is 0. The molecule has 0 amide bonds. The molecule has 1 saturated heterocycles. The molecule has 1 aliphatic heterocycles.